The maximum Gasteiger partial charge on any atom is 0.338 e. The van der Waals surface area contributed by atoms with E-state index in [1.165, 1.54) is 0 Å². The number of esters is 2. The minimum Gasteiger partial charge on any atom is -0.457 e. The van der Waals surface area contributed by atoms with Crippen molar-refractivity contribution in [1.29, 1.82) is 0 Å². The molecule has 4 rings (SSSR count). The Labute approximate surface area is 285 Å². The van der Waals surface area contributed by atoms with Gasteiger partial charge in [-0.1, -0.05) is 13.2 Å². The number of ether oxygens (including phenoxy) is 4. The van der Waals surface area contributed by atoms with E-state index in [1.807, 2.05) is 52.0 Å². The highest BCUT2D eigenvalue weighted by Gasteiger charge is 2.21. The van der Waals surface area contributed by atoms with Gasteiger partial charge < -0.3 is 18.9 Å². The molecule has 0 aromatic heterocycles. The standard InChI is InChI=1S/C42H46O6/c1-21(2)41(43)47-37-23(5)15-33(16-24(37)6)45-39-27(9)19-35(29(11)31(39)13)36-20-28(10)40(32(14)30(36)12)46-34-17-25(7)38(26(8)18-34)48-42(44)22(3)4/h15-20H,1,3H2,2,4-14H3. The van der Waals surface area contributed by atoms with Crippen LogP contribution < -0.4 is 18.9 Å². The van der Waals surface area contributed by atoms with Crippen LogP contribution in [0.5, 0.6) is 34.5 Å². The Morgan fingerprint density at radius 1 is 0.438 bits per heavy atom. The van der Waals surface area contributed by atoms with Crippen molar-refractivity contribution in [2.24, 2.45) is 0 Å². The van der Waals surface area contributed by atoms with E-state index in [0.717, 1.165) is 78.3 Å². The molecule has 0 heterocycles. The number of rotatable bonds is 9. The zero-order chi connectivity index (χ0) is 35.8. The van der Waals surface area contributed by atoms with Crippen LogP contribution in [0.3, 0.4) is 0 Å². The average Bonchev–Trinajstić information content (AvgIpc) is 3.00. The molecule has 48 heavy (non-hydrogen) atoms. The fourth-order valence-electron chi connectivity index (χ4n) is 5.85. The monoisotopic (exact) mass is 646 g/mol. The molecule has 0 amide bonds. The van der Waals surface area contributed by atoms with Crippen molar-refractivity contribution in [3.8, 4) is 45.6 Å². The van der Waals surface area contributed by atoms with Crippen molar-refractivity contribution >= 4 is 11.9 Å². The molecule has 0 aliphatic rings. The summed E-state index contributed by atoms with van der Waals surface area (Å²) >= 11 is 0. The molecule has 0 saturated heterocycles. The van der Waals surface area contributed by atoms with E-state index >= 15 is 0 Å². The van der Waals surface area contributed by atoms with E-state index < -0.39 is 11.9 Å². The Morgan fingerprint density at radius 3 is 0.979 bits per heavy atom. The Bertz CT molecular complexity index is 1820. The van der Waals surface area contributed by atoms with Crippen LogP contribution >= 0.6 is 0 Å². The number of aryl methyl sites for hydroxylation is 6. The molecular weight excluding hydrogens is 600 g/mol. The lowest BCUT2D eigenvalue weighted by molar-refractivity contribution is -0.131. The molecule has 0 N–H and O–H groups in total. The summed E-state index contributed by atoms with van der Waals surface area (Å²) in [5.74, 6) is 3.11. The van der Waals surface area contributed by atoms with Crippen molar-refractivity contribution in [3.63, 3.8) is 0 Å². The largest absolute Gasteiger partial charge is 0.457 e. The topological polar surface area (TPSA) is 71.1 Å². The summed E-state index contributed by atoms with van der Waals surface area (Å²) in [6.07, 6.45) is 0. The third kappa shape index (κ3) is 7.23. The van der Waals surface area contributed by atoms with Crippen LogP contribution in [0.1, 0.15) is 69.5 Å². The number of benzene rings is 4. The first-order valence-corrected chi connectivity index (χ1v) is 16.0. The summed E-state index contributed by atoms with van der Waals surface area (Å²) in [4.78, 5) is 24.3. The zero-order valence-corrected chi connectivity index (χ0v) is 30.3. The van der Waals surface area contributed by atoms with Gasteiger partial charge in [0.15, 0.2) is 0 Å². The predicted octanol–water partition coefficient (Wildman–Crippen LogP) is 11.0. The highest BCUT2D eigenvalue weighted by molar-refractivity contribution is 5.89. The molecule has 0 aliphatic heterocycles. The number of carbonyl (C=O) groups excluding carboxylic acids is 2. The van der Waals surface area contributed by atoms with Crippen molar-refractivity contribution in [1.82, 2.24) is 0 Å². The van der Waals surface area contributed by atoms with Crippen LogP contribution in [0.25, 0.3) is 11.1 Å². The molecule has 0 atom stereocenters. The van der Waals surface area contributed by atoms with Crippen LogP contribution in [0, 0.1) is 69.2 Å². The molecule has 6 heteroatoms. The van der Waals surface area contributed by atoms with Crippen LogP contribution in [-0.4, -0.2) is 11.9 Å². The van der Waals surface area contributed by atoms with Gasteiger partial charge in [-0.3, -0.25) is 0 Å². The summed E-state index contributed by atoms with van der Waals surface area (Å²) in [5, 5.41) is 0. The normalized spacial score (nSPS) is 10.8. The van der Waals surface area contributed by atoms with Crippen molar-refractivity contribution in [2.75, 3.05) is 0 Å². The molecule has 0 aliphatic carbocycles. The first-order chi connectivity index (χ1) is 22.4. The van der Waals surface area contributed by atoms with Gasteiger partial charge in [-0.25, -0.2) is 9.59 Å². The molecule has 6 nitrogen and oxygen atoms in total. The van der Waals surface area contributed by atoms with Gasteiger partial charge in [0.05, 0.1) is 0 Å². The minimum absolute atomic E-state index is 0.346. The third-order valence-electron chi connectivity index (χ3n) is 8.74. The molecule has 0 bridgehead atoms. The first-order valence-electron chi connectivity index (χ1n) is 16.0. The van der Waals surface area contributed by atoms with E-state index in [0.29, 0.717) is 34.1 Å². The molecule has 0 fully saturated rings. The van der Waals surface area contributed by atoms with Crippen LogP contribution in [0.2, 0.25) is 0 Å². The van der Waals surface area contributed by atoms with E-state index in [4.69, 9.17) is 18.9 Å². The smallest absolute Gasteiger partial charge is 0.338 e. The third-order valence-corrected chi connectivity index (χ3v) is 8.74. The number of carbonyl (C=O) groups is 2. The maximum atomic E-state index is 12.1. The fourth-order valence-corrected chi connectivity index (χ4v) is 5.85. The summed E-state index contributed by atoms with van der Waals surface area (Å²) in [7, 11) is 0. The van der Waals surface area contributed by atoms with Crippen LogP contribution in [-0.2, 0) is 9.59 Å². The van der Waals surface area contributed by atoms with Gasteiger partial charge in [-0.15, -0.1) is 0 Å². The molecule has 0 radical (unpaired) electrons. The second-order valence-corrected chi connectivity index (χ2v) is 13.0. The van der Waals surface area contributed by atoms with Crippen LogP contribution in [0.4, 0.5) is 0 Å². The first kappa shape index (κ1) is 35.7. The number of hydrogen-bond acceptors (Lipinski definition) is 6. The van der Waals surface area contributed by atoms with Gasteiger partial charge in [-0.2, -0.15) is 0 Å². The van der Waals surface area contributed by atoms with E-state index in [9.17, 15) is 9.59 Å². The molecule has 250 valence electrons. The molecule has 0 saturated carbocycles. The number of hydrogen-bond donors (Lipinski definition) is 0. The molecule has 4 aromatic rings. The highest BCUT2D eigenvalue weighted by atomic mass is 16.5. The Balaban J connectivity index is 1.67. The molecule has 0 spiro atoms. The van der Waals surface area contributed by atoms with Gasteiger partial charge in [0.25, 0.3) is 0 Å². The summed E-state index contributed by atoms with van der Waals surface area (Å²) in [5.41, 5.74) is 12.5. The maximum absolute atomic E-state index is 12.1. The van der Waals surface area contributed by atoms with Crippen molar-refractivity contribution in [3.05, 3.63) is 116 Å². The molecule has 4 aromatic carbocycles. The quantitative estimate of drug-likeness (QED) is 0.102. The summed E-state index contributed by atoms with van der Waals surface area (Å²) in [6, 6.07) is 11.9. The Hall–Kier alpha value is -5.10. The summed E-state index contributed by atoms with van der Waals surface area (Å²) < 4.78 is 24.1. The van der Waals surface area contributed by atoms with Gasteiger partial charge >= 0.3 is 11.9 Å². The Morgan fingerprint density at radius 2 is 0.708 bits per heavy atom. The zero-order valence-electron chi connectivity index (χ0n) is 30.3. The van der Waals surface area contributed by atoms with E-state index in [1.54, 1.807) is 13.8 Å². The molecular formula is C42H46O6. The lowest BCUT2D eigenvalue weighted by Crippen LogP contribution is -2.10. The van der Waals surface area contributed by atoms with E-state index in [2.05, 4.69) is 66.8 Å². The summed E-state index contributed by atoms with van der Waals surface area (Å²) in [6.45, 7) is 30.7. The lowest BCUT2D eigenvalue weighted by Gasteiger charge is -2.22. The SMILES string of the molecule is C=C(C)C(=O)Oc1c(C)cc(Oc2c(C)cc(-c3cc(C)c(Oc4cc(C)c(OC(=O)C(=C)C)c(C)c4)c(C)c3C)c(C)c2C)cc1C. The second kappa shape index (κ2) is 13.9. The fraction of sp³-hybridized carbons (Fsp3) is 0.286. The molecule has 0 unspecified atom stereocenters. The average molecular weight is 647 g/mol. The van der Waals surface area contributed by atoms with E-state index in [-0.39, 0.29) is 0 Å². The van der Waals surface area contributed by atoms with Gasteiger partial charge in [0.2, 0.25) is 0 Å². The lowest BCUT2D eigenvalue weighted by atomic mass is 9.88. The van der Waals surface area contributed by atoms with Crippen molar-refractivity contribution in [2.45, 2.75) is 83.1 Å². The van der Waals surface area contributed by atoms with Crippen LogP contribution in [0.15, 0.2) is 60.7 Å². The minimum atomic E-state index is -0.448. The Kier molecular flexibility index (Phi) is 10.4. The van der Waals surface area contributed by atoms with Gasteiger partial charge in [0.1, 0.15) is 34.5 Å². The van der Waals surface area contributed by atoms with Gasteiger partial charge in [-0.05, 0) is 186 Å². The van der Waals surface area contributed by atoms with Gasteiger partial charge in [0, 0.05) is 11.1 Å². The highest BCUT2D eigenvalue weighted by Crippen LogP contribution is 2.43. The predicted molar refractivity (Wildman–Crippen MR) is 193 cm³/mol. The van der Waals surface area contributed by atoms with Crippen molar-refractivity contribution < 1.29 is 28.5 Å². The second-order valence-electron chi connectivity index (χ2n) is 13.0.